The molecule has 0 saturated carbocycles. The van der Waals surface area contributed by atoms with Crippen LogP contribution in [0.25, 0.3) is 11.4 Å². The normalized spacial score (nSPS) is 10.7. The lowest BCUT2D eigenvalue weighted by Crippen LogP contribution is -2.14. The molecular weight excluding hydrogens is 337 g/mol. The summed E-state index contributed by atoms with van der Waals surface area (Å²) in [5.74, 6) is 0.0513. The molecule has 9 heteroatoms. The number of nitrogens with zero attached hydrogens (tertiary/aromatic N) is 4. The van der Waals surface area contributed by atoms with Crippen molar-refractivity contribution >= 4 is 34.1 Å². The van der Waals surface area contributed by atoms with Gasteiger partial charge < -0.3 is 9.88 Å². The molecule has 1 amide bonds. The molecule has 2 aromatic heterocycles. The molecule has 118 valence electrons. The van der Waals surface area contributed by atoms with Gasteiger partial charge in [-0.2, -0.15) is 0 Å². The maximum atomic E-state index is 13.8. The van der Waals surface area contributed by atoms with E-state index in [4.69, 9.17) is 0 Å². The first-order valence-corrected chi connectivity index (χ1v) is 8.48. The minimum Gasteiger partial charge on any atom is -0.305 e. The van der Waals surface area contributed by atoms with Crippen molar-refractivity contribution in [1.29, 1.82) is 0 Å². The molecule has 3 aromatic rings. The van der Waals surface area contributed by atoms with E-state index in [0.29, 0.717) is 21.7 Å². The van der Waals surface area contributed by atoms with Crippen molar-refractivity contribution in [3.05, 3.63) is 41.7 Å². The average molecular weight is 349 g/mol. The van der Waals surface area contributed by atoms with Crippen LogP contribution >= 0.6 is 23.1 Å². The Hall–Kier alpha value is -2.26. The topological polar surface area (TPSA) is 72.7 Å². The van der Waals surface area contributed by atoms with E-state index in [2.05, 4.69) is 20.5 Å². The summed E-state index contributed by atoms with van der Waals surface area (Å²) in [6.45, 7) is 0. The Labute approximate surface area is 139 Å². The number of thiazole rings is 1. The van der Waals surface area contributed by atoms with Gasteiger partial charge in [0.15, 0.2) is 16.1 Å². The zero-order valence-electron chi connectivity index (χ0n) is 12.1. The molecule has 0 fully saturated rings. The van der Waals surface area contributed by atoms with E-state index >= 15 is 0 Å². The van der Waals surface area contributed by atoms with Crippen LogP contribution in [0.15, 0.2) is 41.0 Å². The lowest BCUT2D eigenvalue weighted by Gasteiger charge is -2.04. The minimum absolute atomic E-state index is 0.169. The molecule has 0 unspecified atom stereocenters. The van der Waals surface area contributed by atoms with Crippen molar-refractivity contribution in [1.82, 2.24) is 19.7 Å². The highest BCUT2D eigenvalue weighted by Crippen LogP contribution is 2.24. The quantitative estimate of drug-likeness (QED) is 0.717. The largest absolute Gasteiger partial charge is 0.305 e. The van der Waals surface area contributed by atoms with E-state index in [0.717, 1.165) is 0 Å². The number of benzene rings is 1. The lowest BCUT2D eigenvalue weighted by atomic mass is 10.2. The molecule has 0 saturated heterocycles. The van der Waals surface area contributed by atoms with Gasteiger partial charge in [0.05, 0.1) is 11.3 Å². The Morgan fingerprint density at radius 1 is 1.39 bits per heavy atom. The van der Waals surface area contributed by atoms with Crippen LogP contribution in [0.2, 0.25) is 0 Å². The molecular formula is C14H12FN5OS2. The van der Waals surface area contributed by atoms with Crippen molar-refractivity contribution in [2.75, 3.05) is 11.1 Å². The van der Waals surface area contributed by atoms with Gasteiger partial charge in [0.1, 0.15) is 5.82 Å². The summed E-state index contributed by atoms with van der Waals surface area (Å²) in [7, 11) is 1.74. The fourth-order valence-corrected chi connectivity index (χ4v) is 3.14. The molecule has 0 spiro atoms. The molecule has 1 aromatic carbocycles. The number of rotatable bonds is 5. The smallest absolute Gasteiger partial charge is 0.236 e. The summed E-state index contributed by atoms with van der Waals surface area (Å²) in [5.41, 5.74) is 0.376. The van der Waals surface area contributed by atoms with E-state index < -0.39 is 0 Å². The molecule has 0 bridgehead atoms. The Morgan fingerprint density at radius 3 is 2.96 bits per heavy atom. The van der Waals surface area contributed by atoms with Gasteiger partial charge in [-0.25, -0.2) is 9.37 Å². The van der Waals surface area contributed by atoms with Crippen LogP contribution in [-0.4, -0.2) is 31.4 Å². The standard InChI is InChI=1S/C14H12FN5OS2/c1-20-12(9-4-2-3-5-10(9)15)18-19-14(20)23-8-11(21)17-13-16-6-7-22-13/h2-7H,8H2,1H3,(H,16,17,21). The number of hydrogen-bond donors (Lipinski definition) is 1. The number of aromatic nitrogens is 4. The number of amides is 1. The molecule has 1 N–H and O–H groups in total. The van der Waals surface area contributed by atoms with Gasteiger partial charge in [-0.05, 0) is 12.1 Å². The first kappa shape index (κ1) is 15.6. The molecule has 6 nitrogen and oxygen atoms in total. The summed E-state index contributed by atoms with van der Waals surface area (Å²) in [5, 5.41) is 13.6. The van der Waals surface area contributed by atoms with Gasteiger partial charge >= 0.3 is 0 Å². The predicted molar refractivity (Wildman–Crippen MR) is 87.9 cm³/mol. The van der Waals surface area contributed by atoms with Crippen LogP contribution in [0, 0.1) is 5.82 Å². The van der Waals surface area contributed by atoms with Gasteiger partial charge in [0.2, 0.25) is 5.91 Å². The fourth-order valence-electron chi connectivity index (χ4n) is 1.89. The Balaban J connectivity index is 1.68. The average Bonchev–Trinajstić information content (AvgIpc) is 3.16. The van der Waals surface area contributed by atoms with E-state index in [1.807, 2.05) is 0 Å². The van der Waals surface area contributed by atoms with Crippen LogP contribution in [-0.2, 0) is 11.8 Å². The Morgan fingerprint density at radius 2 is 2.22 bits per heavy atom. The van der Waals surface area contributed by atoms with Crippen molar-refractivity contribution in [3.8, 4) is 11.4 Å². The maximum absolute atomic E-state index is 13.8. The summed E-state index contributed by atoms with van der Waals surface area (Å²) in [6, 6.07) is 6.37. The summed E-state index contributed by atoms with van der Waals surface area (Å²) < 4.78 is 15.5. The summed E-state index contributed by atoms with van der Waals surface area (Å²) >= 11 is 2.58. The van der Waals surface area contributed by atoms with E-state index in [9.17, 15) is 9.18 Å². The number of carbonyl (C=O) groups excluding carboxylic acids is 1. The molecule has 0 radical (unpaired) electrons. The summed E-state index contributed by atoms with van der Waals surface area (Å²) in [6.07, 6.45) is 1.62. The van der Waals surface area contributed by atoms with Crippen molar-refractivity contribution in [2.24, 2.45) is 7.05 Å². The van der Waals surface area contributed by atoms with Gasteiger partial charge in [0.25, 0.3) is 0 Å². The van der Waals surface area contributed by atoms with Crippen LogP contribution in [0.4, 0.5) is 9.52 Å². The number of hydrogen-bond acceptors (Lipinski definition) is 6. The number of nitrogens with one attached hydrogen (secondary N) is 1. The molecule has 3 rings (SSSR count). The van der Waals surface area contributed by atoms with Gasteiger partial charge in [0, 0.05) is 18.6 Å². The SMILES string of the molecule is Cn1c(SCC(=O)Nc2nccs2)nnc1-c1ccccc1F. The highest BCUT2D eigenvalue weighted by molar-refractivity contribution is 7.99. The number of carbonyl (C=O) groups is 1. The van der Waals surface area contributed by atoms with Crippen LogP contribution < -0.4 is 5.32 Å². The second-order valence-corrected chi connectivity index (χ2v) is 6.36. The Kier molecular flexibility index (Phi) is 4.68. The summed E-state index contributed by atoms with van der Waals surface area (Å²) in [4.78, 5) is 15.8. The maximum Gasteiger partial charge on any atom is 0.236 e. The zero-order chi connectivity index (χ0) is 16.2. The van der Waals surface area contributed by atoms with Crippen molar-refractivity contribution < 1.29 is 9.18 Å². The molecule has 0 aliphatic heterocycles. The van der Waals surface area contributed by atoms with Crippen molar-refractivity contribution in [2.45, 2.75) is 5.16 Å². The molecule has 0 aliphatic carbocycles. The minimum atomic E-state index is -0.360. The third-order valence-electron chi connectivity index (χ3n) is 2.96. The van der Waals surface area contributed by atoms with E-state index in [-0.39, 0.29) is 17.5 Å². The van der Waals surface area contributed by atoms with E-state index in [1.165, 1.54) is 29.2 Å². The second kappa shape index (κ2) is 6.88. The number of anilines is 1. The second-order valence-electron chi connectivity index (χ2n) is 4.52. The number of halogens is 1. The molecule has 23 heavy (non-hydrogen) atoms. The lowest BCUT2D eigenvalue weighted by molar-refractivity contribution is -0.113. The first-order valence-electron chi connectivity index (χ1n) is 6.61. The van der Waals surface area contributed by atoms with Crippen molar-refractivity contribution in [3.63, 3.8) is 0 Å². The van der Waals surface area contributed by atoms with Gasteiger partial charge in [-0.1, -0.05) is 23.9 Å². The van der Waals surface area contributed by atoms with Crippen LogP contribution in [0.5, 0.6) is 0 Å². The van der Waals surface area contributed by atoms with E-state index in [1.54, 1.807) is 41.4 Å². The number of thioether (sulfide) groups is 1. The molecule has 0 atom stereocenters. The zero-order valence-corrected chi connectivity index (χ0v) is 13.7. The van der Waals surface area contributed by atoms with Gasteiger partial charge in [-0.15, -0.1) is 21.5 Å². The molecule has 2 heterocycles. The first-order chi connectivity index (χ1) is 11.1. The molecule has 0 aliphatic rings. The third kappa shape index (κ3) is 3.57. The van der Waals surface area contributed by atoms with Crippen LogP contribution in [0.1, 0.15) is 0 Å². The monoisotopic (exact) mass is 349 g/mol. The van der Waals surface area contributed by atoms with Crippen LogP contribution in [0.3, 0.4) is 0 Å². The van der Waals surface area contributed by atoms with Gasteiger partial charge in [-0.3, -0.25) is 4.79 Å². The highest BCUT2D eigenvalue weighted by atomic mass is 32.2. The fraction of sp³-hybridized carbons (Fsp3) is 0.143. The Bertz CT molecular complexity index is 818. The third-order valence-corrected chi connectivity index (χ3v) is 4.67. The predicted octanol–water partition coefficient (Wildman–Crippen LogP) is 2.81. The highest BCUT2D eigenvalue weighted by Gasteiger charge is 2.15.